The zero-order chi connectivity index (χ0) is 20.2. The van der Waals surface area contributed by atoms with E-state index in [0.29, 0.717) is 0 Å². The van der Waals surface area contributed by atoms with Crippen LogP contribution in [0.2, 0.25) is 0 Å². The number of esters is 1. The van der Waals surface area contributed by atoms with E-state index in [9.17, 15) is 14.7 Å². The molecular weight excluding hydrogens is 364 g/mol. The van der Waals surface area contributed by atoms with Crippen LogP contribution in [0.4, 0.5) is 0 Å². The molecule has 1 saturated carbocycles. The SMILES string of the molecule is C=CC1(OC(=O)C2C3c4ccccc4C(c4ccccc43)C2C(=O)O)CCCC1. The number of fused-ring (bicyclic) bond motifs is 1. The Balaban J connectivity index is 1.65. The molecule has 0 heterocycles. The molecule has 148 valence electrons. The molecule has 0 amide bonds. The molecule has 4 nitrogen and oxygen atoms in total. The summed E-state index contributed by atoms with van der Waals surface area (Å²) >= 11 is 0. The number of carbonyl (C=O) groups excluding carboxylic acids is 1. The van der Waals surface area contributed by atoms with Crippen LogP contribution in [-0.4, -0.2) is 22.6 Å². The van der Waals surface area contributed by atoms with Gasteiger partial charge in [0.25, 0.3) is 0 Å². The van der Waals surface area contributed by atoms with Crippen molar-refractivity contribution >= 4 is 11.9 Å². The lowest BCUT2D eigenvalue weighted by Crippen LogP contribution is -2.49. The average Bonchev–Trinajstić information content (AvgIpc) is 3.22. The highest BCUT2D eigenvalue weighted by atomic mass is 16.6. The van der Waals surface area contributed by atoms with E-state index in [1.165, 1.54) is 0 Å². The van der Waals surface area contributed by atoms with Crippen molar-refractivity contribution in [2.45, 2.75) is 43.1 Å². The maximum atomic E-state index is 13.5. The van der Waals surface area contributed by atoms with Crippen LogP contribution in [0, 0.1) is 11.8 Å². The van der Waals surface area contributed by atoms with Crippen LogP contribution in [0.25, 0.3) is 0 Å². The van der Waals surface area contributed by atoms with E-state index >= 15 is 0 Å². The number of aliphatic carboxylic acids is 1. The molecular formula is C25H24O4. The Morgan fingerprint density at radius 3 is 1.76 bits per heavy atom. The minimum Gasteiger partial charge on any atom is -0.481 e. The summed E-state index contributed by atoms with van der Waals surface area (Å²) in [7, 11) is 0. The number of hydrogen-bond donors (Lipinski definition) is 1. The fourth-order valence-electron chi connectivity index (χ4n) is 5.85. The van der Waals surface area contributed by atoms with Gasteiger partial charge in [-0.25, -0.2) is 0 Å². The maximum absolute atomic E-state index is 13.5. The predicted molar refractivity (Wildman–Crippen MR) is 109 cm³/mol. The highest BCUT2D eigenvalue weighted by molar-refractivity contribution is 5.87. The van der Waals surface area contributed by atoms with E-state index in [1.54, 1.807) is 6.08 Å². The zero-order valence-corrected chi connectivity index (χ0v) is 16.2. The van der Waals surface area contributed by atoms with Gasteiger partial charge in [-0.05, 0) is 54.0 Å². The van der Waals surface area contributed by atoms with Gasteiger partial charge in [-0.1, -0.05) is 55.1 Å². The number of benzene rings is 2. The van der Waals surface area contributed by atoms with E-state index in [1.807, 2.05) is 48.5 Å². The number of ether oxygens (including phenoxy) is 1. The molecule has 1 N–H and O–H groups in total. The lowest BCUT2D eigenvalue weighted by atomic mass is 9.54. The molecule has 2 bridgehead atoms. The van der Waals surface area contributed by atoms with Gasteiger partial charge in [0.2, 0.25) is 0 Å². The van der Waals surface area contributed by atoms with Crippen LogP contribution >= 0.6 is 0 Å². The second kappa shape index (κ2) is 6.58. The summed E-state index contributed by atoms with van der Waals surface area (Å²) in [6.07, 6.45) is 5.23. The molecule has 2 aromatic rings. The molecule has 4 heteroatoms. The van der Waals surface area contributed by atoms with Crippen molar-refractivity contribution in [1.29, 1.82) is 0 Å². The third-order valence-electron chi connectivity index (χ3n) is 7.12. The van der Waals surface area contributed by atoms with Crippen molar-refractivity contribution in [3.05, 3.63) is 83.4 Å². The molecule has 2 aromatic carbocycles. The molecule has 0 radical (unpaired) electrons. The first-order chi connectivity index (χ1) is 14.1. The van der Waals surface area contributed by atoms with Gasteiger partial charge in [0.1, 0.15) is 5.60 Å². The first kappa shape index (κ1) is 18.2. The van der Waals surface area contributed by atoms with E-state index in [2.05, 4.69) is 6.58 Å². The van der Waals surface area contributed by atoms with Crippen molar-refractivity contribution in [2.24, 2.45) is 11.8 Å². The minimum atomic E-state index is -0.940. The van der Waals surface area contributed by atoms with Crippen molar-refractivity contribution < 1.29 is 19.4 Å². The predicted octanol–water partition coefficient (Wildman–Crippen LogP) is 4.64. The number of carboxylic acid groups (broad SMARTS) is 1. The Morgan fingerprint density at radius 1 is 0.897 bits per heavy atom. The Morgan fingerprint density at radius 2 is 1.34 bits per heavy atom. The quantitative estimate of drug-likeness (QED) is 0.612. The molecule has 0 saturated heterocycles. The standard InChI is InChI=1S/C25H24O4/c1-2-25(13-7-8-14-25)29-24(28)22-20-17-11-5-3-9-15(17)19(21(22)23(26)27)16-10-4-6-12-18(16)20/h2-6,9-12,19-22H,1,7-8,13-14H2,(H,26,27). The zero-order valence-electron chi connectivity index (χ0n) is 16.2. The lowest BCUT2D eigenvalue weighted by molar-refractivity contribution is -0.168. The van der Waals surface area contributed by atoms with Gasteiger partial charge in [-0.2, -0.15) is 0 Å². The van der Waals surface area contributed by atoms with E-state index in [4.69, 9.17) is 4.74 Å². The molecule has 4 aliphatic carbocycles. The summed E-state index contributed by atoms with van der Waals surface area (Å²) in [4.78, 5) is 25.9. The summed E-state index contributed by atoms with van der Waals surface area (Å²) < 4.78 is 6.03. The van der Waals surface area contributed by atoms with E-state index < -0.39 is 29.4 Å². The third kappa shape index (κ3) is 2.58. The van der Waals surface area contributed by atoms with Gasteiger partial charge in [-0.15, -0.1) is 0 Å². The van der Waals surface area contributed by atoms with Gasteiger partial charge in [0, 0.05) is 11.8 Å². The molecule has 2 unspecified atom stereocenters. The number of rotatable bonds is 4. The van der Waals surface area contributed by atoms with Gasteiger partial charge < -0.3 is 9.84 Å². The van der Waals surface area contributed by atoms with Crippen LogP contribution in [0.5, 0.6) is 0 Å². The minimum absolute atomic E-state index is 0.302. The van der Waals surface area contributed by atoms with Crippen molar-refractivity contribution in [3.8, 4) is 0 Å². The van der Waals surface area contributed by atoms with E-state index in [-0.39, 0.29) is 11.8 Å². The number of carbonyl (C=O) groups is 2. The van der Waals surface area contributed by atoms with Gasteiger partial charge in [0.05, 0.1) is 11.8 Å². The second-order valence-corrected chi connectivity index (χ2v) is 8.50. The number of hydrogen-bond acceptors (Lipinski definition) is 3. The Hall–Kier alpha value is -2.88. The van der Waals surface area contributed by atoms with Gasteiger partial charge in [-0.3, -0.25) is 9.59 Å². The van der Waals surface area contributed by atoms with Crippen LogP contribution in [-0.2, 0) is 14.3 Å². The third-order valence-corrected chi connectivity index (χ3v) is 7.12. The smallest absolute Gasteiger partial charge is 0.311 e. The average molecular weight is 388 g/mol. The van der Waals surface area contributed by atoms with Crippen LogP contribution in [0.15, 0.2) is 61.2 Å². The maximum Gasteiger partial charge on any atom is 0.311 e. The fourth-order valence-corrected chi connectivity index (χ4v) is 5.85. The molecule has 0 aliphatic heterocycles. The molecule has 1 fully saturated rings. The van der Waals surface area contributed by atoms with Gasteiger partial charge >= 0.3 is 11.9 Å². The first-order valence-corrected chi connectivity index (χ1v) is 10.3. The highest BCUT2D eigenvalue weighted by Crippen LogP contribution is 2.58. The van der Waals surface area contributed by atoms with E-state index in [0.717, 1.165) is 47.9 Å². The summed E-state index contributed by atoms with van der Waals surface area (Å²) in [5.74, 6) is -3.56. The molecule has 2 atom stereocenters. The Kier molecular flexibility index (Phi) is 4.12. The molecule has 4 aliphatic rings. The summed E-state index contributed by atoms with van der Waals surface area (Å²) in [5, 5.41) is 10.2. The van der Waals surface area contributed by atoms with Gasteiger partial charge in [0.15, 0.2) is 0 Å². The topological polar surface area (TPSA) is 63.6 Å². The summed E-state index contributed by atoms with van der Waals surface area (Å²) in [6, 6.07) is 15.9. The largest absolute Gasteiger partial charge is 0.481 e. The normalized spacial score (nSPS) is 28.3. The van der Waals surface area contributed by atoms with Crippen LogP contribution in [0.1, 0.15) is 59.8 Å². The molecule has 0 aromatic heterocycles. The van der Waals surface area contributed by atoms with Crippen LogP contribution < -0.4 is 0 Å². The lowest BCUT2D eigenvalue weighted by Gasteiger charge is -2.48. The highest BCUT2D eigenvalue weighted by Gasteiger charge is 2.56. The van der Waals surface area contributed by atoms with Crippen LogP contribution in [0.3, 0.4) is 0 Å². The second-order valence-electron chi connectivity index (χ2n) is 8.50. The summed E-state index contributed by atoms with van der Waals surface area (Å²) in [5.41, 5.74) is 3.49. The van der Waals surface area contributed by atoms with Crippen molar-refractivity contribution in [2.75, 3.05) is 0 Å². The molecule has 29 heavy (non-hydrogen) atoms. The summed E-state index contributed by atoms with van der Waals surface area (Å²) in [6.45, 7) is 3.89. The first-order valence-electron chi connectivity index (χ1n) is 10.3. The number of carboxylic acids is 1. The Labute approximate surface area is 170 Å². The Bertz CT molecular complexity index is 954. The van der Waals surface area contributed by atoms with Crippen molar-refractivity contribution in [1.82, 2.24) is 0 Å². The fraction of sp³-hybridized carbons (Fsp3) is 0.360. The monoisotopic (exact) mass is 388 g/mol. The van der Waals surface area contributed by atoms with Crippen molar-refractivity contribution in [3.63, 3.8) is 0 Å². The molecule has 6 rings (SSSR count). The molecule has 0 spiro atoms.